The number of aromatic nitrogens is 4. The Bertz CT molecular complexity index is 1180. The molecule has 4 rings (SSSR count). The van der Waals surface area contributed by atoms with Gasteiger partial charge in [0.1, 0.15) is 5.82 Å². The Morgan fingerprint density at radius 1 is 1.13 bits per heavy atom. The molecular weight excluding hydrogens is 376 g/mol. The van der Waals surface area contributed by atoms with Crippen LogP contribution in [-0.4, -0.2) is 39.8 Å². The van der Waals surface area contributed by atoms with Gasteiger partial charge in [0.15, 0.2) is 5.65 Å². The van der Waals surface area contributed by atoms with Gasteiger partial charge in [-0.3, -0.25) is 4.79 Å². The van der Waals surface area contributed by atoms with E-state index in [1.165, 1.54) is 0 Å². The van der Waals surface area contributed by atoms with Crippen LogP contribution >= 0.6 is 0 Å². The van der Waals surface area contributed by atoms with Crippen molar-refractivity contribution in [1.82, 2.24) is 25.1 Å². The summed E-state index contributed by atoms with van der Waals surface area (Å²) in [6.45, 7) is 3.07. The minimum atomic E-state index is -0.163. The van der Waals surface area contributed by atoms with Crippen molar-refractivity contribution in [3.8, 4) is 11.3 Å². The number of fused-ring (bicyclic) bond motifs is 1. The molecule has 0 spiro atoms. The molecule has 152 valence electrons. The Kier molecular flexibility index (Phi) is 5.43. The monoisotopic (exact) mass is 400 g/mol. The van der Waals surface area contributed by atoms with E-state index in [0.29, 0.717) is 24.3 Å². The molecule has 3 aromatic heterocycles. The van der Waals surface area contributed by atoms with Crippen LogP contribution in [0.2, 0.25) is 0 Å². The van der Waals surface area contributed by atoms with Crippen molar-refractivity contribution in [1.29, 1.82) is 0 Å². The number of aryl methyl sites for hydroxylation is 1. The maximum Gasteiger partial charge on any atom is 0.252 e. The number of hydrogen-bond acceptors (Lipinski definition) is 5. The molecule has 0 aliphatic rings. The topological polar surface area (TPSA) is 75.9 Å². The summed E-state index contributed by atoms with van der Waals surface area (Å²) in [6.07, 6.45) is 3.46. The summed E-state index contributed by atoms with van der Waals surface area (Å²) < 4.78 is 1.81. The summed E-state index contributed by atoms with van der Waals surface area (Å²) >= 11 is 0. The first kappa shape index (κ1) is 19.6. The largest absolute Gasteiger partial charge is 0.362 e. The predicted octanol–water partition coefficient (Wildman–Crippen LogP) is 3.51. The van der Waals surface area contributed by atoms with Gasteiger partial charge in [-0.05, 0) is 19.1 Å². The van der Waals surface area contributed by atoms with Gasteiger partial charge in [-0.2, -0.15) is 5.10 Å². The third-order valence-electron chi connectivity index (χ3n) is 4.95. The number of pyridine rings is 2. The fourth-order valence-electron chi connectivity index (χ4n) is 3.47. The lowest BCUT2D eigenvalue weighted by Crippen LogP contribution is -2.25. The van der Waals surface area contributed by atoms with Crippen LogP contribution in [0.25, 0.3) is 22.3 Å². The first-order chi connectivity index (χ1) is 14.6. The molecule has 1 aromatic carbocycles. The van der Waals surface area contributed by atoms with Crippen LogP contribution in [-0.2, 0) is 13.1 Å². The summed E-state index contributed by atoms with van der Waals surface area (Å²) in [5.41, 5.74) is 3.93. The zero-order valence-corrected chi connectivity index (χ0v) is 17.3. The minimum Gasteiger partial charge on any atom is -0.362 e. The highest BCUT2D eigenvalue weighted by Crippen LogP contribution is 2.25. The van der Waals surface area contributed by atoms with Gasteiger partial charge in [0.05, 0.1) is 22.8 Å². The van der Waals surface area contributed by atoms with Gasteiger partial charge in [-0.25, -0.2) is 14.6 Å². The molecule has 0 fully saturated rings. The second-order valence-electron chi connectivity index (χ2n) is 7.18. The molecule has 0 saturated carbocycles. The molecule has 0 bridgehead atoms. The zero-order valence-electron chi connectivity index (χ0n) is 17.3. The molecule has 30 heavy (non-hydrogen) atoms. The normalized spacial score (nSPS) is 10.9. The summed E-state index contributed by atoms with van der Waals surface area (Å²) in [4.78, 5) is 24.3. The number of hydrogen-bond donors (Lipinski definition) is 1. The van der Waals surface area contributed by atoms with E-state index in [9.17, 15) is 4.79 Å². The van der Waals surface area contributed by atoms with Gasteiger partial charge in [-0.1, -0.05) is 36.4 Å². The molecule has 7 heteroatoms. The standard InChI is InChI=1S/C23H24N6O/c1-4-29-22-19(15-26-29)18(13-20(27-22)16-9-6-5-7-10-16)23(30)25-14-17-11-8-12-24-21(17)28(2)3/h5-13,15H,4,14H2,1-3H3,(H,25,30). The van der Waals surface area contributed by atoms with Crippen molar-refractivity contribution in [3.63, 3.8) is 0 Å². The van der Waals surface area contributed by atoms with Gasteiger partial charge in [0, 0.05) is 44.5 Å². The Labute approximate surface area is 175 Å². The number of anilines is 1. The first-order valence-electron chi connectivity index (χ1n) is 9.90. The number of nitrogens with zero attached hydrogens (tertiary/aromatic N) is 5. The lowest BCUT2D eigenvalue weighted by atomic mass is 10.1. The van der Waals surface area contributed by atoms with E-state index in [1.54, 1.807) is 12.4 Å². The number of amides is 1. The van der Waals surface area contributed by atoms with Crippen molar-refractivity contribution in [2.45, 2.75) is 20.0 Å². The second kappa shape index (κ2) is 8.32. The first-order valence-corrected chi connectivity index (χ1v) is 9.90. The highest BCUT2D eigenvalue weighted by molar-refractivity contribution is 6.06. The summed E-state index contributed by atoms with van der Waals surface area (Å²) in [5, 5.41) is 8.19. The van der Waals surface area contributed by atoms with Crippen LogP contribution < -0.4 is 10.2 Å². The molecule has 3 heterocycles. The average Bonchev–Trinajstić information content (AvgIpc) is 3.20. The number of carbonyl (C=O) groups is 1. The van der Waals surface area contributed by atoms with E-state index < -0.39 is 0 Å². The highest BCUT2D eigenvalue weighted by Gasteiger charge is 2.17. The van der Waals surface area contributed by atoms with Gasteiger partial charge in [0.25, 0.3) is 5.91 Å². The predicted molar refractivity (Wildman–Crippen MR) is 118 cm³/mol. The van der Waals surface area contributed by atoms with Gasteiger partial charge in [-0.15, -0.1) is 0 Å². The molecular formula is C23H24N6O. The summed E-state index contributed by atoms with van der Waals surface area (Å²) in [7, 11) is 3.87. The lowest BCUT2D eigenvalue weighted by Gasteiger charge is -2.16. The summed E-state index contributed by atoms with van der Waals surface area (Å²) in [6, 6.07) is 15.5. The molecule has 7 nitrogen and oxygen atoms in total. The van der Waals surface area contributed by atoms with Gasteiger partial charge >= 0.3 is 0 Å². The van der Waals surface area contributed by atoms with E-state index in [4.69, 9.17) is 4.98 Å². The zero-order chi connectivity index (χ0) is 21.1. The lowest BCUT2D eigenvalue weighted by molar-refractivity contribution is 0.0952. The SMILES string of the molecule is CCn1ncc2c(C(=O)NCc3cccnc3N(C)C)cc(-c3ccccc3)nc21. The molecule has 4 aromatic rings. The van der Waals surface area contributed by atoms with Crippen LogP contribution in [0, 0.1) is 0 Å². The Morgan fingerprint density at radius 3 is 2.67 bits per heavy atom. The van der Waals surface area contributed by atoms with Crippen LogP contribution in [0.1, 0.15) is 22.8 Å². The van der Waals surface area contributed by atoms with Crippen molar-refractivity contribution < 1.29 is 4.79 Å². The Morgan fingerprint density at radius 2 is 1.93 bits per heavy atom. The molecule has 0 unspecified atom stereocenters. The third kappa shape index (κ3) is 3.74. The van der Waals surface area contributed by atoms with Crippen molar-refractivity contribution in [3.05, 3.63) is 72.1 Å². The average molecular weight is 400 g/mol. The highest BCUT2D eigenvalue weighted by atomic mass is 16.1. The fourth-order valence-corrected chi connectivity index (χ4v) is 3.47. The molecule has 0 radical (unpaired) electrons. The number of nitrogens with one attached hydrogen (secondary N) is 1. The molecule has 0 aliphatic heterocycles. The van der Waals surface area contributed by atoms with Crippen molar-refractivity contribution in [2.75, 3.05) is 19.0 Å². The number of carbonyl (C=O) groups excluding carboxylic acids is 1. The molecule has 0 atom stereocenters. The van der Waals surface area contributed by atoms with Gasteiger partial charge in [0.2, 0.25) is 0 Å². The maximum absolute atomic E-state index is 13.2. The quantitative estimate of drug-likeness (QED) is 0.536. The fraction of sp³-hybridized carbons (Fsp3) is 0.217. The van der Waals surface area contributed by atoms with Crippen LogP contribution in [0.4, 0.5) is 5.82 Å². The molecule has 1 N–H and O–H groups in total. The van der Waals surface area contributed by atoms with E-state index in [1.807, 2.05) is 79.1 Å². The smallest absolute Gasteiger partial charge is 0.252 e. The van der Waals surface area contributed by atoms with E-state index in [0.717, 1.165) is 28.0 Å². The van der Waals surface area contributed by atoms with E-state index in [-0.39, 0.29) is 5.91 Å². The van der Waals surface area contributed by atoms with Crippen molar-refractivity contribution >= 4 is 22.8 Å². The van der Waals surface area contributed by atoms with Crippen molar-refractivity contribution in [2.24, 2.45) is 0 Å². The minimum absolute atomic E-state index is 0.163. The summed E-state index contributed by atoms with van der Waals surface area (Å²) in [5.74, 6) is 0.672. The van der Waals surface area contributed by atoms with E-state index >= 15 is 0 Å². The Hall–Kier alpha value is -3.74. The van der Waals surface area contributed by atoms with Crippen LogP contribution in [0.5, 0.6) is 0 Å². The van der Waals surface area contributed by atoms with Crippen LogP contribution in [0.3, 0.4) is 0 Å². The number of rotatable bonds is 6. The third-order valence-corrected chi connectivity index (χ3v) is 4.95. The second-order valence-corrected chi connectivity index (χ2v) is 7.18. The molecule has 0 aliphatic carbocycles. The maximum atomic E-state index is 13.2. The van der Waals surface area contributed by atoms with Crippen LogP contribution in [0.15, 0.2) is 60.9 Å². The molecule has 0 saturated heterocycles. The van der Waals surface area contributed by atoms with Gasteiger partial charge < -0.3 is 10.2 Å². The number of benzene rings is 1. The van der Waals surface area contributed by atoms with E-state index in [2.05, 4.69) is 15.4 Å². The Balaban J connectivity index is 1.71. The molecule has 1 amide bonds.